The Morgan fingerprint density at radius 3 is 2.79 bits per heavy atom. The Bertz CT molecular complexity index is 454. The molecule has 1 N–H and O–H groups in total. The second kappa shape index (κ2) is 7.33. The van der Waals surface area contributed by atoms with Crippen LogP contribution in [-0.4, -0.2) is 6.54 Å². The van der Waals surface area contributed by atoms with Gasteiger partial charge in [0.25, 0.3) is 0 Å². The van der Waals surface area contributed by atoms with E-state index in [0.717, 1.165) is 18.5 Å². The SMILES string of the molecule is CCNC(CC1=CCCCC1)c1cccc(Cl)c1Cl. The summed E-state index contributed by atoms with van der Waals surface area (Å²) in [4.78, 5) is 0. The summed E-state index contributed by atoms with van der Waals surface area (Å²) in [6.45, 7) is 3.06. The van der Waals surface area contributed by atoms with E-state index in [1.807, 2.05) is 12.1 Å². The number of nitrogens with one attached hydrogen (secondary N) is 1. The van der Waals surface area contributed by atoms with Crippen LogP contribution in [0.5, 0.6) is 0 Å². The lowest BCUT2D eigenvalue weighted by molar-refractivity contribution is 0.528. The van der Waals surface area contributed by atoms with Crippen LogP contribution in [0.15, 0.2) is 29.8 Å². The van der Waals surface area contributed by atoms with Gasteiger partial charge in [0.2, 0.25) is 0 Å². The Labute approximate surface area is 126 Å². The Balaban J connectivity index is 2.19. The van der Waals surface area contributed by atoms with Crippen molar-refractivity contribution < 1.29 is 0 Å². The molecule has 1 aliphatic rings. The fraction of sp³-hybridized carbons (Fsp3) is 0.500. The van der Waals surface area contributed by atoms with Crippen LogP contribution in [0, 0.1) is 0 Å². The van der Waals surface area contributed by atoms with Crippen molar-refractivity contribution in [2.24, 2.45) is 0 Å². The quantitative estimate of drug-likeness (QED) is 0.704. The number of halogens is 2. The molecule has 0 aromatic heterocycles. The molecule has 1 aromatic rings. The maximum absolute atomic E-state index is 6.35. The van der Waals surface area contributed by atoms with Crippen molar-refractivity contribution >= 4 is 23.2 Å². The lowest BCUT2D eigenvalue weighted by Crippen LogP contribution is -2.22. The molecule has 0 fully saturated rings. The van der Waals surface area contributed by atoms with E-state index in [4.69, 9.17) is 23.2 Å². The second-order valence-corrected chi connectivity index (χ2v) is 5.85. The normalized spacial score (nSPS) is 17.1. The summed E-state index contributed by atoms with van der Waals surface area (Å²) in [5.74, 6) is 0. The molecule has 0 saturated carbocycles. The third-order valence-corrected chi connectivity index (χ3v) is 4.49. The summed E-state index contributed by atoms with van der Waals surface area (Å²) in [6.07, 6.45) is 8.51. The number of allylic oxidation sites excluding steroid dienone is 1. The standard InChI is InChI=1S/C16H21Cl2N/c1-2-19-15(11-12-7-4-3-5-8-12)13-9-6-10-14(17)16(13)18/h6-7,9-10,15,19H,2-5,8,11H2,1H3. The third-order valence-electron chi connectivity index (χ3n) is 3.66. The van der Waals surface area contributed by atoms with Gasteiger partial charge in [0.15, 0.2) is 0 Å². The molecule has 0 heterocycles. The van der Waals surface area contributed by atoms with Crippen LogP contribution < -0.4 is 5.32 Å². The third kappa shape index (κ3) is 3.98. The van der Waals surface area contributed by atoms with Crippen LogP contribution in [0.3, 0.4) is 0 Å². The second-order valence-electron chi connectivity index (χ2n) is 5.07. The molecule has 19 heavy (non-hydrogen) atoms. The van der Waals surface area contributed by atoms with Crippen LogP contribution in [-0.2, 0) is 0 Å². The smallest absolute Gasteiger partial charge is 0.0640 e. The van der Waals surface area contributed by atoms with Crippen LogP contribution in [0.25, 0.3) is 0 Å². The first-order valence-corrected chi connectivity index (χ1v) is 7.83. The zero-order chi connectivity index (χ0) is 13.7. The lowest BCUT2D eigenvalue weighted by Gasteiger charge is -2.23. The van der Waals surface area contributed by atoms with Gasteiger partial charge < -0.3 is 5.32 Å². The molecule has 1 aliphatic carbocycles. The van der Waals surface area contributed by atoms with Crippen molar-refractivity contribution in [2.75, 3.05) is 6.54 Å². The highest BCUT2D eigenvalue weighted by Crippen LogP contribution is 2.34. The van der Waals surface area contributed by atoms with Crippen LogP contribution in [0.2, 0.25) is 10.0 Å². The van der Waals surface area contributed by atoms with Crippen molar-refractivity contribution in [3.63, 3.8) is 0 Å². The summed E-state index contributed by atoms with van der Waals surface area (Å²) < 4.78 is 0. The van der Waals surface area contributed by atoms with Crippen molar-refractivity contribution in [1.82, 2.24) is 5.32 Å². The molecule has 0 amide bonds. The predicted octanol–water partition coefficient (Wildman–Crippen LogP) is 5.53. The van der Waals surface area contributed by atoms with Gasteiger partial charge in [-0.2, -0.15) is 0 Å². The molecule has 0 aliphatic heterocycles. The first-order chi connectivity index (χ1) is 9.22. The van der Waals surface area contributed by atoms with Crippen molar-refractivity contribution in [2.45, 2.75) is 45.1 Å². The topological polar surface area (TPSA) is 12.0 Å². The van der Waals surface area contributed by atoms with E-state index < -0.39 is 0 Å². The molecule has 1 nitrogen and oxygen atoms in total. The Morgan fingerprint density at radius 1 is 1.26 bits per heavy atom. The van der Waals surface area contributed by atoms with Gasteiger partial charge in [0.1, 0.15) is 0 Å². The van der Waals surface area contributed by atoms with Gasteiger partial charge in [-0.25, -0.2) is 0 Å². The minimum atomic E-state index is 0.264. The molecule has 0 bridgehead atoms. The van der Waals surface area contributed by atoms with E-state index in [1.54, 1.807) is 5.57 Å². The number of rotatable bonds is 5. The monoisotopic (exact) mass is 297 g/mol. The maximum atomic E-state index is 6.35. The molecule has 1 aromatic carbocycles. The van der Waals surface area contributed by atoms with Gasteiger partial charge >= 0.3 is 0 Å². The number of benzene rings is 1. The largest absolute Gasteiger partial charge is 0.310 e. The zero-order valence-corrected chi connectivity index (χ0v) is 12.9. The predicted molar refractivity (Wildman–Crippen MR) is 84.0 cm³/mol. The van der Waals surface area contributed by atoms with Crippen molar-refractivity contribution in [3.8, 4) is 0 Å². The van der Waals surface area contributed by atoms with Gasteiger partial charge in [-0.1, -0.05) is 53.9 Å². The summed E-state index contributed by atoms with van der Waals surface area (Å²) in [5.41, 5.74) is 2.66. The molecule has 3 heteroatoms. The highest BCUT2D eigenvalue weighted by Gasteiger charge is 2.17. The van der Waals surface area contributed by atoms with E-state index >= 15 is 0 Å². The molecule has 0 saturated heterocycles. The van der Waals surface area contributed by atoms with Crippen LogP contribution >= 0.6 is 23.2 Å². The highest BCUT2D eigenvalue weighted by molar-refractivity contribution is 6.42. The Hall–Kier alpha value is -0.500. The molecular weight excluding hydrogens is 277 g/mol. The summed E-state index contributed by atoms with van der Waals surface area (Å²) in [7, 11) is 0. The zero-order valence-electron chi connectivity index (χ0n) is 11.4. The van der Waals surface area contributed by atoms with E-state index in [9.17, 15) is 0 Å². The molecule has 0 radical (unpaired) electrons. The van der Waals surface area contributed by atoms with E-state index in [0.29, 0.717) is 10.0 Å². The summed E-state index contributed by atoms with van der Waals surface area (Å²) in [6, 6.07) is 6.16. The number of hydrogen-bond donors (Lipinski definition) is 1. The van der Waals surface area contributed by atoms with E-state index in [1.165, 1.54) is 25.7 Å². The number of hydrogen-bond acceptors (Lipinski definition) is 1. The first-order valence-electron chi connectivity index (χ1n) is 7.07. The maximum Gasteiger partial charge on any atom is 0.0640 e. The average molecular weight is 298 g/mol. The van der Waals surface area contributed by atoms with Gasteiger partial charge in [-0.05, 0) is 50.3 Å². The van der Waals surface area contributed by atoms with Gasteiger partial charge in [-0.3, -0.25) is 0 Å². The first kappa shape index (κ1) is 14.9. The molecular formula is C16H21Cl2N. The summed E-state index contributed by atoms with van der Waals surface area (Å²) >= 11 is 12.5. The lowest BCUT2D eigenvalue weighted by atomic mass is 9.91. The Kier molecular flexibility index (Phi) is 5.75. The molecule has 1 unspecified atom stereocenters. The molecule has 0 spiro atoms. The van der Waals surface area contributed by atoms with Gasteiger partial charge in [-0.15, -0.1) is 0 Å². The fourth-order valence-corrected chi connectivity index (χ4v) is 3.12. The van der Waals surface area contributed by atoms with Crippen LogP contribution in [0.1, 0.15) is 50.6 Å². The van der Waals surface area contributed by atoms with Crippen molar-refractivity contribution in [1.29, 1.82) is 0 Å². The van der Waals surface area contributed by atoms with E-state index in [2.05, 4.69) is 24.4 Å². The average Bonchev–Trinajstić information content (AvgIpc) is 2.43. The Morgan fingerprint density at radius 2 is 2.11 bits per heavy atom. The molecule has 2 rings (SSSR count). The molecule has 104 valence electrons. The molecule has 1 atom stereocenters. The minimum absolute atomic E-state index is 0.264. The van der Waals surface area contributed by atoms with Gasteiger partial charge in [0.05, 0.1) is 10.0 Å². The highest BCUT2D eigenvalue weighted by atomic mass is 35.5. The van der Waals surface area contributed by atoms with Crippen molar-refractivity contribution in [3.05, 3.63) is 45.5 Å². The van der Waals surface area contributed by atoms with Crippen LogP contribution in [0.4, 0.5) is 0 Å². The van der Waals surface area contributed by atoms with Gasteiger partial charge in [0, 0.05) is 6.04 Å². The summed E-state index contributed by atoms with van der Waals surface area (Å²) in [5, 5.41) is 4.86. The minimum Gasteiger partial charge on any atom is -0.310 e. The fourth-order valence-electron chi connectivity index (χ4n) is 2.68. The van der Waals surface area contributed by atoms with E-state index in [-0.39, 0.29) is 6.04 Å².